The predicted octanol–water partition coefficient (Wildman–Crippen LogP) is 3.45. The molecule has 33 heavy (non-hydrogen) atoms. The van der Waals surface area contributed by atoms with Crippen molar-refractivity contribution < 1.29 is 23.8 Å². The van der Waals surface area contributed by atoms with Crippen molar-refractivity contribution in [1.82, 2.24) is 10.2 Å². The molecule has 0 unspecified atom stereocenters. The Balaban J connectivity index is 1.29. The molecule has 1 aliphatic carbocycles. The van der Waals surface area contributed by atoms with Crippen LogP contribution in [-0.2, 0) is 9.53 Å². The molecule has 182 valence electrons. The fourth-order valence-corrected chi connectivity index (χ4v) is 5.23. The van der Waals surface area contributed by atoms with Gasteiger partial charge >= 0.3 is 0 Å². The summed E-state index contributed by atoms with van der Waals surface area (Å²) in [7, 11) is 0. The summed E-state index contributed by atoms with van der Waals surface area (Å²) in [6.45, 7) is 11.5. The molecule has 7 nitrogen and oxygen atoms in total. The number of nitrogens with one attached hydrogen (secondary N) is 1. The Bertz CT molecular complexity index is 849. The zero-order chi connectivity index (χ0) is 23.5. The van der Waals surface area contributed by atoms with Crippen molar-refractivity contribution in [2.75, 3.05) is 46.0 Å². The summed E-state index contributed by atoms with van der Waals surface area (Å²) < 4.78 is 17.5. The van der Waals surface area contributed by atoms with Crippen LogP contribution < -0.4 is 14.8 Å². The molecule has 0 radical (unpaired) electrons. The molecule has 1 aromatic rings. The van der Waals surface area contributed by atoms with E-state index in [2.05, 4.69) is 31.0 Å². The van der Waals surface area contributed by atoms with Gasteiger partial charge in [-0.05, 0) is 49.1 Å². The van der Waals surface area contributed by atoms with E-state index in [4.69, 9.17) is 14.2 Å². The summed E-state index contributed by atoms with van der Waals surface area (Å²) in [6.07, 6.45) is 4.40. The van der Waals surface area contributed by atoms with Crippen LogP contribution in [-0.4, -0.2) is 68.2 Å². The van der Waals surface area contributed by atoms with Gasteiger partial charge in [0.15, 0.2) is 12.4 Å². The van der Waals surface area contributed by atoms with Crippen LogP contribution in [0, 0.1) is 11.3 Å². The van der Waals surface area contributed by atoms with E-state index in [0.717, 1.165) is 58.5 Å². The highest BCUT2D eigenvalue weighted by Gasteiger charge is 2.45. The van der Waals surface area contributed by atoms with Crippen molar-refractivity contribution >= 4 is 11.7 Å². The number of hydrogen-bond acceptors (Lipinski definition) is 6. The van der Waals surface area contributed by atoms with Crippen LogP contribution in [0.3, 0.4) is 0 Å². The monoisotopic (exact) mass is 458 g/mol. The molecule has 7 heteroatoms. The maximum atomic E-state index is 12.9. The molecule has 4 rings (SSSR count). The van der Waals surface area contributed by atoms with E-state index >= 15 is 0 Å². The van der Waals surface area contributed by atoms with E-state index in [1.807, 2.05) is 0 Å². The molecule has 2 aliphatic heterocycles. The number of rotatable bonds is 6. The first kappa shape index (κ1) is 24.0. The zero-order valence-electron chi connectivity index (χ0n) is 20.3. The Labute approximate surface area is 197 Å². The van der Waals surface area contributed by atoms with Gasteiger partial charge in [-0.1, -0.05) is 20.8 Å². The molecule has 0 aromatic heterocycles. The molecule has 0 atom stereocenters. The standard InChI is InChI=1S/C26H38N2O5/c1-25(2,3)19-6-8-26(9-7-19)17-22(29)21-5-4-20(16-23(21)33-26)32-18-24(30)27-10-11-28-12-14-31-15-13-28/h4-5,16,19H,6-15,17-18H2,1-3H3,(H,27,30). The lowest BCUT2D eigenvalue weighted by atomic mass is 9.66. The van der Waals surface area contributed by atoms with E-state index in [1.54, 1.807) is 18.2 Å². The molecule has 2 heterocycles. The van der Waals surface area contributed by atoms with Crippen LogP contribution in [0.1, 0.15) is 63.2 Å². The number of benzene rings is 1. The summed E-state index contributed by atoms with van der Waals surface area (Å²) in [4.78, 5) is 27.3. The molecular formula is C26H38N2O5. The lowest BCUT2D eigenvalue weighted by Gasteiger charge is -2.45. The van der Waals surface area contributed by atoms with Crippen LogP contribution in [0.5, 0.6) is 11.5 Å². The SMILES string of the molecule is CC(C)(C)C1CCC2(CC1)CC(=O)c1ccc(OCC(=O)NCCN3CCOCC3)cc1O2. The Morgan fingerprint density at radius 2 is 1.94 bits per heavy atom. The quantitative estimate of drug-likeness (QED) is 0.704. The molecular weight excluding hydrogens is 420 g/mol. The van der Waals surface area contributed by atoms with Crippen LogP contribution in [0.4, 0.5) is 0 Å². The number of ether oxygens (including phenoxy) is 3. The second-order valence-electron chi connectivity index (χ2n) is 10.8. The number of carbonyl (C=O) groups is 2. The third-order valence-corrected chi connectivity index (χ3v) is 7.41. The van der Waals surface area contributed by atoms with Crippen LogP contribution >= 0.6 is 0 Å². The smallest absolute Gasteiger partial charge is 0.257 e. The maximum Gasteiger partial charge on any atom is 0.257 e. The average Bonchev–Trinajstić information content (AvgIpc) is 2.78. The van der Waals surface area contributed by atoms with Crippen LogP contribution in [0.2, 0.25) is 0 Å². The maximum absolute atomic E-state index is 12.9. The van der Waals surface area contributed by atoms with E-state index in [0.29, 0.717) is 35.9 Å². The number of morpholine rings is 1. The number of carbonyl (C=O) groups excluding carboxylic acids is 2. The molecule has 0 bridgehead atoms. The fourth-order valence-electron chi connectivity index (χ4n) is 5.23. The van der Waals surface area contributed by atoms with Gasteiger partial charge in [-0.15, -0.1) is 0 Å². The van der Waals surface area contributed by atoms with Crippen molar-refractivity contribution in [2.24, 2.45) is 11.3 Å². The normalized spacial score (nSPS) is 25.9. The number of Topliss-reactive ketones (excluding diaryl/α,β-unsaturated/α-hetero) is 1. The summed E-state index contributed by atoms with van der Waals surface area (Å²) >= 11 is 0. The molecule has 3 aliphatic rings. The van der Waals surface area contributed by atoms with Crippen LogP contribution in [0.25, 0.3) is 0 Å². The van der Waals surface area contributed by atoms with E-state index in [-0.39, 0.29) is 23.7 Å². The minimum atomic E-state index is -0.401. The second-order valence-corrected chi connectivity index (χ2v) is 10.8. The molecule has 1 saturated heterocycles. The van der Waals surface area contributed by atoms with Crippen molar-refractivity contribution in [1.29, 1.82) is 0 Å². The largest absolute Gasteiger partial charge is 0.486 e. The minimum Gasteiger partial charge on any atom is -0.486 e. The lowest BCUT2D eigenvalue weighted by Crippen LogP contribution is -2.46. The number of ketones is 1. The predicted molar refractivity (Wildman–Crippen MR) is 126 cm³/mol. The summed E-state index contributed by atoms with van der Waals surface area (Å²) in [5.74, 6) is 1.77. The van der Waals surface area contributed by atoms with Crippen molar-refractivity contribution in [3.63, 3.8) is 0 Å². The second kappa shape index (κ2) is 10.0. The zero-order valence-corrected chi connectivity index (χ0v) is 20.3. The highest BCUT2D eigenvalue weighted by Crippen LogP contribution is 2.47. The molecule has 1 aromatic carbocycles. The molecule has 1 spiro atoms. The number of nitrogens with zero attached hydrogens (tertiary/aromatic N) is 1. The Morgan fingerprint density at radius 3 is 2.64 bits per heavy atom. The van der Waals surface area contributed by atoms with E-state index < -0.39 is 5.60 Å². The molecule has 1 N–H and O–H groups in total. The van der Waals surface area contributed by atoms with Crippen LogP contribution in [0.15, 0.2) is 18.2 Å². The summed E-state index contributed by atoms with van der Waals surface area (Å²) in [5.41, 5.74) is 0.490. The third-order valence-electron chi connectivity index (χ3n) is 7.41. The summed E-state index contributed by atoms with van der Waals surface area (Å²) in [5, 5.41) is 2.90. The molecule has 2 fully saturated rings. The van der Waals surface area contributed by atoms with Gasteiger partial charge in [0.2, 0.25) is 0 Å². The van der Waals surface area contributed by atoms with Crippen molar-refractivity contribution in [2.45, 2.75) is 58.5 Å². The number of amides is 1. The topological polar surface area (TPSA) is 77.1 Å². The van der Waals surface area contributed by atoms with Crippen molar-refractivity contribution in [3.05, 3.63) is 23.8 Å². The molecule has 1 saturated carbocycles. The third kappa shape index (κ3) is 6.07. The van der Waals surface area contributed by atoms with Gasteiger partial charge in [-0.25, -0.2) is 0 Å². The van der Waals surface area contributed by atoms with Gasteiger partial charge in [0.25, 0.3) is 5.91 Å². The average molecular weight is 459 g/mol. The van der Waals surface area contributed by atoms with Gasteiger partial charge in [0.1, 0.15) is 17.1 Å². The minimum absolute atomic E-state index is 0.0613. The van der Waals surface area contributed by atoms with Gasteiger partial charge in [0.05, 0.1) is 25.2 Å². The first-order valence-corrected chi connectivity index (χ1v) is 12.3. The number of fused-ring (bicyclic) bond motifs is 1. The van der Waals surface area contributed by atoms with Gasteiger partial charge in [-0.3, -0.25) is 14.5 Å². The summed E-state index contributed by atoms with van der Waals surface area (Å²) in [6, 6.07) is 5.28. The first-order valence-electron chi connectivity index (χ1n) is 12.3. The first-order chi connectivity index (χ1) is 15.7. The number of hydrogen-bond donors (Lipinski definition) is 1. The van der Waals surface area contributed by atoms with E-state index in [9.17, 15) is 9.59 Å². The van der Waals surface area contributed by atoms with Gasteiger partial charge in [-0.2, -0.15) is 0 Å². The fraction of sp³-hybridized carbons (Fsp3) is 0.692. The van der Waals surface area contributed by atoms with E-state index in [1.165, 1.54) is 0 Å². The highest BCUT2D eigenvalue weighted by atomic mass is 16.5. The van der Waals surface area contributed by atoms with Crippen molar-refractivity contribution in [3.8, 4) is 11.5 Å². The Hall–Kier alpha value is -2.12. The highest BCUT2D eigenvalue weighted by molar-refractivity contribution is 6.00. The lowest BCUT2D eigenvalue weighted by molar-refractivity contribution is -0.123. The molecule has 1 amide bonds. The van der Waals surface area contributed by atoms with Gasteiger partial charge in [0, 0.05) is 32.2 Å². The Morgan fingerprint density at radius 1 is 1.21 bits per heavy atom. The Kier molecular flexibility index (Phi) is 7.29. The van der Waals surface area contributed by atoms with Gasteiger partial charge < -0.3 is 19.5 Å².